The molecule has 1 aliphatic heterocycles. The molecule has 1 aromatic carbocycles. The van der Waals surface area contributed by atoms with Crippen molar-refractivity contribution in [2.24, 2.45) is 16.6 Å². The number of hydrazone groups is 1. The largest absolute Gasteiger partial charge is 0.369 e. The van der Waals surface area contributed by atoms with E-state index in [9.17, 15) is 0 Å². The normalized spacial score (nSPS) is 13.6. The first-order valence-corrected chi connectivity index (χ1v) is 6.12. The molecule has 0 aliphatic carbocycles. The summed E-state index contributed by atoms with van der Waals surface area (Å²) in [5.41, 5.74) is 16.5. The van der Waals surface area contributed by atoms with Crippen LogP contribution in [0.4, 0.5) is 0 Å². The van der Waals surface area contributed by atoms with E-state index in [1.165, 1.54) is 22.3 Å². The number of nitrogens with zero attached hydrogens (tertiary/aromatic N) is 2. The van der Waals surface area contributed by atoms with Gasteiger partial charge < -0.3 is 11.5 Å². The fourth-order valence-electron chi connectivity index (χ4n) is 2.50. The van der Waals surface area contributed by atoms with Crippen molar-refractivity contribution < 1.29 is 0 Å². The van der Waals surface area contributed by atoms with E-state index in [1.54, 1.807) is 0 Å². The predicted octanol–water partition coefficient (Wildman–Crippen LogP) is 1.32. The van der Waals surface area contributed by atoms with Gasteiger partial charge in [0.2, 0.25) is 5.96 Å². The van der Waals surface area contributed by atoms with Gasteiger partial charge in [-0.15, -0.1) is 5.10 Å². The number of benzene rings is 1. The van der Waals surface area contributed by atoms with Gasteiger partial charge in [0.05, 0.1) is 13.1 Å². The molecule has 0 amide bonds. The minimum absolute atomic E-state index is 0.133. The summed E-state index contributed by atoms with van der Waals surface area (Å²) in [6.07, 6.45) is 2.12. The zero-order valence-electron chi connectivity index (χ0n) is 10.5. The van der Waals surface area contributed by atoms with Crippen LogP contribution in [0.1, 0.15) is 36.1 Å². The van der Waals surface area contributed by atoms with Gasteiger partial charge in [0, 0.05) is 0 Å². The van der Waals surface area contributed by atoms with Gasteiger partial charge in [0.1, 0.15) is 0 Å². The Hall–Kier alpha value is -1.71. The van der Waals surface area contributed by atoms with Crippen molar-refractivity contribution in [1.29, 1.82) is 0 Å². The van der Waals surface area contributed by atoms with E-state index in [4.69, 9.17) is 11.5 Å². The number of fused-ring (bicyclic) bond motifs is 1. The van der Waals surface area contributed by atoms with Gasteiger partial charge in [0.25, 0.3) is 0 Å². The molecule has 4 heteroatoms. The number of guanidine groups is 1. The molecule has 0 saturated carbocycles. The Morgan fingerprint density at radius 2 is 1.59 bits per heavy atom. The summed E-state index contributed by atoms with van der Waals surface area (Å²) < 4.78 is 0. The SMILES string of the molecule is CCc1ccc(CC)c2c1CN(N=C(N)N)C2. The molecule has 1 aliphatic rings. The summed E-state index contributed by atoms with van der Waals surface area (Å²) in [5.74, 6) is 0.133. The molecule has 0 fully saturated rings. The van der Waals surface area contributed by atoms with Crippen LogP contribution in [0.2, 0.25) is 0 Å². The summed E-state index contributed by atoms with van der Waals surface area (Å²) in [4.78, 5) is 0. The standard InChI is InChI=1S/C13H20N4/c1-3-9-5-6-10(4-2)12-8-17(7-11(9)12)16-13(14)15/h5-6H,3-4,7-8H2,1-2H3,(H4,14,15,16). The van der Waals surface area contributed by atoms with Gasteiger partial charge in [-0.05, 0) is 35.1 Å². The maximum Gasteiger partial charge on any atom is 0.208 e. The average Bonchev–Trinajstić information content (AvgIpc) is 2.69. The highest BCUT2D eigenvalue weighted by atomic mass is 15.5. The lowest BCUT2D eigenvalue weighted by Crippen LogP contribution is -2.26. The van der Waals surface area contributed by atoms with Gasteiger partial charge in [-0.2, -0.15) is 0 Å². The van der Waals surface area contributed by atoms with E-state index in [1.807, 2.05) is 5.01 Å². The quantitative estimate of drug-likeness (QED) is 0.610. The molecule has 4 N–H and O–H groups in total. The van der Waals surface area contributed by atoms with Crippen LogP contribution in [0.5, 0.6) is 0 Å². The van der Waals surface area contributed by atoms with Gasteiger partial charge in [-0.3, -0.25) is 5.01 Å². The summed E-state index contributed by atoms with van der Waals surface area (Å²) in [6.45, 7) is 6.02. The molecule has 0 saturated heterocycles. The lowest BCUT2D eigenvalue weighted by molar-refractivity contribution is 0.299. The highest BCUT2D eigenvalue weighted by molar-refractivity contribution is 5.75. The van der Waals surface area contributed by atoms with Crippen molar-refractivity contribution in [3.05, 3.63) is 34.4 Å². The summed E-state index contributed by atoms with van der Waals surface area (Å²) in [7, 11) is 0. The molecule has 92 valence electrons. The van der Waals surface area contributed by atoms with Crippen LogP contribution in [-0.2, 0) is 25.9 Å². The Bertz CT molecular complexity index is 414. The molecular formula is C13H20N4. The van der Waals surface area contributed by atoms with Crippen LogP contribution in [0.3, 0.4) is 0 Å². The van der Waals surface area contributed by atoms with E-state index >= 15 is 0 Å². The first kappa shape index (κ1) is 11.8. The second-order valence-electron chi connectivity index (χ2n) is 4.40. The summed E-state index contributed by atoms with van der Waals surface area (Å²) in [5, 5.41) is 6.09. The molecule has 1 heterocycles. The van der Waals surface area contributed by atoms with Gasteiger partial charge in [-0.25, -0.2) is 0 Å². The van der Waals surface area contributed by atoms with Crippen LogP contribution in [0, 0.1) is 0 Å². The minimum atomic E-state index is 0.133. The third-order valence-corrected chi connectivity index (χ3v) is 3.33. The van der Waals surface area contributed by atoms with Crippen LogP contribution in [0.15, 0.2) is 17.2 Å². The lowest BCUT2D eigenvalue weighted by atomic mass is 9.96. The highest BCUT2D eigenvalue weighted by Crippen LogP contribution is 2.29. The zero-order valence-corrected chi connectivity index (χ0v) is 10.5. The monoisotopic (exact) mass is 232 g/mol. The first-order chi connectivity index (χ1) is 8.15. The number of aryl methyl sites for hydroxylation is 2. The second kappa shape index (κ2) is 4.65. The highest BCUT2D eigenvalue weighted by Gasteiger charge is 2.22. The number of hydrogen-bond acceptors (Lipinski definition) is 2. The molecule has 1 aromatic rings. The summed E-state index contributed by atoms with van der Waals surface area (Å²) >= 11 is 0. The molecule has 0 aromatic heterocycles. The third kappa shape index (κ3) is 2.20. The lowest BCUT2D eigenvalue weighted by Gasteiger charge is -2.10. The van der Waals surface area contributed by atoms with Gasteiger partial charge >= 0.3 is 0 Å². The third-order valence-electron chi connectivity index (χ3n) is 3.33. The molecule has 0 radical (unpaired) electrons. The zero-order chi connectivity index (χ0) is 12.4. The molecule has 17 heavy (non-hydrogen) atoms. The Labute approximate surface area is 102 Å². The maximum atomic E-state index is 5.43. The Morgan fingerprint density at radius 1 is 1.12 bits per heavy atom. The van der Waals surface area contributed by atoms with E-state index in [-0.39, 0.29) is 5.96 Å². The fourth-order valence-corrected chi connectivity index (χ4v) is 2.50. The van der Waals surface area contributed by atoms with E-state index in [2.05, 4.69) is 31.1 Å². The predicted molar refractivity (Wildman–Crippen MR) is 70.3 cm³/mol. The van der Waals surface area contributed by atoms with Gasteiger partial charge in [-0.1, -0.05) is 26.0 Å². The van der Waals surface area contributed by atoms with E-state index in [0.717, 1.165) is 25.9 Å². The Kier molecular flexibility index (Phi) is 3.22. The second-order valence-corrected chi connectivity index (χ2v) is 4.40. The van der Waals surface area contributed by atoms with Crippen LogP contribution in [-0.4, -0.2) is 11.0 Å². The molecular weight excluding hydrogens is 212 g/mol. The molecule has 0 atom stereocenters. The van der Waals surface area contributed by atoms with Crippen molar-refractivity contribution in [2.45, 2.75) is 39.8 Å². The van der Waals surface area contributed by atoms with Gasteiger partial charge in [0.15, 0.2) is 0 Å². The number of hydrogen-bond donors (Lipinski definition) is 2. The molecule has 0 spiro atoms. The van der Waals surface area contributed by atoms with Crippen molar-refractivity contribution in [2.75, 3.05) is 0 Å². The van der Waals surface area contributed by atoms with Crippen molar-refractivity contribution in [3.8, 4) is 0 Å². The van der Waals surface area contributed by atoms with Crippen molar-refractivity contribution >= 4 is 5.96 Å². The molecule has 4 nitrogen and oxygen atoms in total. The average molecular weight is 232 g/mol. The number of nitrogens with two attached hydrogens (primary N) is 2. The van der Waals surface area contributed by atoms with Crippen molar-refractivity contribution in [3.63, 3.8) is 0 Å². The van der Waals surface area contributed by atoms with Crippen LogP contribution >= 0.6 is 0 Å². The van der Waals surface area contributed by atoms with Crippen LogP contribution in [0.25, 0.3) is 0 Å². The molecule has 2 rings (SSSR count). The van der Waals surface area contributed by atoms with Crippen molar-refractivity contribution in [1.82, 2.24) is 5.01 Å². The Morgan fingerprint density at radius 3 is 1.94 bits per heavy atom. The molecule has 0 bridgehead atoms. The summed E-state index contributed by atoms with van der Waals surface area (Å²) in [6, 6.07) is 4.47. The molecule has 0 unspecified atom stereocenters. The topological polar surface area (TPSA) is 67.6 Å². The van der Waals surface area contributed by atoms with Crippen LogP contribution < -0.4 is 11.5 Å². The van der Waals surface area contributed by atoms with E-state index in [0.29, 0.717) is 0 Å². The minimum Gasteiger partial charge on any atom is -0.369 e. The Balaban J connectivity index is 2.37. The smallest absolute Gasteiger partial charge is 0.208 e. The van der Waals surface area contributed by atoms with E-state index < -0.39 is 0 Å². The number of rotatable bonds is 3. The first-order valence-electron chi connectivity index (χ1n) is 6.12. The maximum absolute atomic E-state index is 5.43. The fraction of sp³-hybridized carbons (Fsp3) is 0.462.